The van der Waals surface area contributed by atoms with Crippen LogP contribution in [0.2, 0.25) is 0 Å². The highest BCUT2D eigenvalue weighted by atomic mass is 79.9. The molecule has 2 aromatic carbocycles. The molecule has 1 aromatic heterocycles. The second kappa shape index (κ2) is 5.42. The van der Waals surface area contributed by atoms with Crippen molar-refractivity contribution in [2.24, 2.45) is 0 Å². The van der Waals surface area contributed by atoms with Gasteiger partial charge in [0.25, 0.3) is 0 Å². The molecule has 2 N–H and O–H groups in total. The first kappa shape index (κ1) is 13.4. The molecule has 0 saturated heterocycles. The molecular weight excluding hydrogens is 384 g/mol. The molecule has 0 atom stereocenters. The Kier molecular flexibility index (Phi) is 3.63. The summed E-state index contributed by atoms with van der Waals surface area (Å²) in [5.41, 5.74) is 8.66. The molecule has 0 unspecified atom stereocenters. The highest BCUT2D eigenvalue weighted by molar-refractivity contribution is 9.11. The summed E-state index contributed by atoms with van der Waals surface area (Å²) >= 11 is 7.00. The molecule has 100 valence electrons. The second-order valence-corrected chi connectivity index (χ2v) is 6.03. The fourth-order valence-corrected chi connectivity index (χ4v) is 2.83. The van der Waals surface area contributed by atoms with Gasteiger partial charge in [0, 0.05) is 14.5 Å². The zero-order chi connectivity index (χ0) is 14.1. The van der Waals surface area contributed by atoms with Gasteiger partial charge in [0.15, 0.2) is 11.6 Å². The summed E-state index contributed by atoms with van der Waals surface area (Å²) in [6, 6.07) is 15.7. The van der Waals surface area contributed by atoms with Crippen molar-refractivity contribution in [1.82, 2.24) is 5.16 Å². The summed E-state index contributed by atoms with van der Waals surface area (Å²) in [6.45, 7) is 0. The smallest absolute Gasteiger partial charge is 0.178 e. The topological polar surface area (TPSA) is 52.0 Å². The largest absolute Gasteiger partial charge is 0.380 e. The van der Waals surface area contributed by atoms with Crippen LogP contribution in [0.1, 0.15) is 0 Å². The molecule has 0 amide bonds. The number of anilines is 1. The van der Waals surface area contributed by atoms with E-state index in [0.29, 0.717) is 11.6 Å². The van der Waals surface area contributed by atoms with E-state index in [2.05, 4.69) is 37.0 Å². The van der Waals surface area contributed by atoms with Gasteiger partial charge < -0.3 is 10.3 Å². The minimum absolute atomic E-state index is 0.387. The van der Waals surface area contributed by atoms with Gasteiger partial charge in [0.1, 0.15) is 0 Å². The Balaban J connectivity index is 2.24. The number of nitrogens with two attached hydrogens (primary N) is 1. The third kappa shape index (κ3) is 2.39. The Morgan fingerprint density at radius 1 is 1.00 bits per heavy atom. The average molecular weight is 394 g/mol. The lowest BCUT2D eigenvalue weighted by molar-refractivity contribution is 0.436. The summed E-state index contributed by atoms with van der Waals surface area (Å²) in [4.78, 5) is 0. The molecule has 0 aliphatic carbocycles. The number of nitrogens with zero attached hydrogens (tertiary/aromatic N) is 1. The Bertz CT molecular complexity index is 754. The van der Waals surface area contributed by atoms with Gasteiger partial charge in [-0.05, 0) is 23.8 Å². The van der Waals surface area contributed by atoms with Crippen LogP contribution in [-0.2, 0) is 0 Å². The van der Waals surface area contributed by atoms with Gasteiger partial charge in [-0.25, -0.2) is 0 Å². The van der Waals surface area contributed by atoms with Crippen LogP contribution >= 0.6 is 31.9 Å². The molecule has 0 saturated carbocycles. The molecule has 3 aromatic rings. The molecule has 20 heavy (non-hydrogen) atoms. The molecule has 0 radical (unpaired) electrons. The summed E-state index contributed by atoms with van der Waals surface area (Å²) in [6.07, 6.45) is 0. The maximum Gasteiger partial charge on any atom is 0.178 e. The normalized spacial score (nSPS) is 10.7. The molecule has 0 aliphatic heterocycles. The van der Waals surface area contributed by atoms with Crippen LogP contribution in [0.15, 0.2) is 62.0 Å². The predicted octanol–water partition coefficient (Wildman–Crippen LogP) is 5.12. The molecule has 0 fully saturated rings. The van der Waals surface area contributed by atoms with Crippen LogP contribution < -0.4 is 5.73 Å². The minimum Gasteiger partial charge on any atom is -0.380 e. The summed E-state index contributed by atoms with van der Waals surface area (Å²) in [5, 5.41) is 3.91. The van der Waals surface area contributed by atoms with E-state index in [4.69, 9.17) is 10.3 Å². The summed E-state index contributed by atoms with van der Waals surface area (Å²) in [7, 11) is 0. The zero-order valence-electron chi connectivity index (χ0n) is 10.3. The van der Waals surface area contributed by atoms with Crippen LogP contribution in [0.25, 0.3) is 22.5 Å². The fourth-order valence-electron chi connectivity index (χ4n) is 2.04. The standard InChI is InChI=1S/C15H10Br2N2O/c16-10-6-7-12(17)11(8-10)14-13(15(18)19-20-14)9-4-2-1-3-5-9/h1-8H,(H2,18,19). The first-order valence-electron chi connectivity index (χ1n) is 5.93. The van der Waals surface area contributed by atoms with Gasteiger partial charge in [-0.3, -0.25) is 0 Å². The SMILES string of the molecule is Nc1noc(-c2cc(Br)ccc2Br)c1-c1ccccc1. The molecule has 3 rings (SSSR count). The number of benzene rings is 2. The Hall–Kier alpha value is -1.59. The van der Waals surface area contributed by atoms with E-state index < -0.39 is 0 Å². The third-order valence-electron chi connectivity index (χ3n) is 2.95. The number of nitrogen functional groups attached to an aromatic ring is 1. The van der Waals surface area contributed by atoms with Gasteiger partial charge in [0.05, 0.1) is 5.56 Å². The molecule has 3 nitrogen and oxygen atoms in total. The van der Waals surface area contributed by atoms with Crippen LogP contribution in [-0.4, -0.2) is 5.16 Å². The van der Waals surface area contributed by atoms with E-state index in [-0.39, 0.29) is 0 Å². The van der Waals surface area contributed by atoms with Crippen molar-refractivity contribution in [2.45, 2.75) is 0 Å². The van der Waals surface area contributed by atoms with Crippen LogP contribution in [0.4, 0.5) is 5.82 Å². The number of aromatic nitrogens is 1. The second-order valence-electron chi connectivity index (χ2n) is 4.26. The summed E-state index contributed by atoms with van der Waals surface area (Å²) in [5.74, 6) is 1.04. The van der Waals surface area contributed by atoms with E-state index in [9.17, 15) is 0 Å². The van der Waals surface area contributed by atoms with Gasteiger partial charge in [-0.15, -0.1) is 0 Å². The highest BCUT2D eigenvalue weighted by Crippen LogP contribution is 2.40. The lowest BCUT2D eigenvalue weighted by atomic mass is 10.0. The molecule has 0 bridgehead atoms. The van der Waals surface area contributed by atoms with Crippen LogP contribution in [0, 0.1) is 0 Å². The van der Waals surface area contributed by atoms with Crippen molar-refractivity contribution in [2.75, 3.05) is 5.73 Å². The number of rotatable bonds is 2. The first-order chi connectivity index (χ1) is 9.66. The van der Waals surface area contributed by atoms with Gasteiger partial charge in [-0.2, -0.15) is 0 Å². The van der Waals surface area contributed by atoms with Crippen molar-refractivity contribution in [1.29, 1.82) is 0 Å². The van der Waals surface area contributed by atoms with Crippen molar-refractivity contribution >= 4 is 37.7 Å². The Morgan fingerprint density at radius 3 is 2.50 bits per heavy atom. The number of halogens is 2. The number of hydrogen-bond acceptors (Lipinski definition) is 3. The molecule has 1 heterocycles. The van der Waals surface area contributed by atoms with Crippen molar-refractivity contribution in [3.8, 4) is 22.5 Å². The van der Waals surface area contributed by atoms with E-state index in [1.807, 2.05) is 48.5 Å². The van der Waals surface area contributed by atoms with Gasteiger partial charge in [0.2, 0.25) is 0 Å². The van der Waals surface area contributed by atoms with E-state index >= 15 is 0 Å². The fraction of sp³-hybridized carbons (Fsp3) is 0. The van der Waals surface area contributed by atoms with Gasteiger partial charge >= 0.3 is 0 Å². The Morgan fingerprint density at radius 2 is 1.75 bits per heavy atom. The molecule has 0 aliphatic rings. The lowest BCUT2D eigenvalue weighted by Crippen LogP contribution is -1.89. The van der Waals surface area contributed by atoms with E-state index in [1.54, 1.807) is 0 Å². The van der Waals surface area contributed by atoms with Crippen LogP contribution in [0.3, 0.4) is 0 Å². The Labute approximate surface area is 133 Å². The van der Waals surface area contributed by atoms with E-state index in [1.165, 1.54) is 0 Å². The highest BCUT2D eigenvalue weighted by Gasteiger charge is 2.19. The molecule has 5 heteroatoms. The molecular formula is C15H10Br2N2O. The van der Waals surface area contributed by atoms with Crippen molar-refractivity contribution in [3.05, 3.63) is 57.5 Å². The zero-order valence-corrected chi connectivity index (χ0v) is 13.5. The maximum atomic E-state index is 5.97. The van der Waals surface area contributed by atoms with Crippen LogP contribution in [0.5, 0.6) is 0 Å². The predicted molar refractivity (Wildman–Crippen MR) is 87.2 cm³/mol. The lowest BCUT2D eigenvalue weighted by Gasteiger charge is -2.05. The minimum atomic E-state index is 0.387. The monoisotopic (exact) mass is 392 g/mol. The number of hydrogen-bond donors (Lipinski definition) is 1. The van der Waals surface area contributed by atoms with Crippen molar-refractivity contribution < 1.29 is 4.52 Å². The van der Waals surface area contributed by atoms with Gasteiger partial charge in [-0.1, -0.05) is 67.3 Å². The average Bonchev–Trinajstić information content (AvgIpc) is 2.84. The maximum absolute atomic E-state index is 5.97. The molecule has 0 spiro atoms. The van der Waals surface area contributed by atoms with E-state index in [0.717, 1.165) is 25.6 Å². The quantitative estimate of drug-likeness (QED) is 0.657. The summed E-state index contributed by atoms with van der Waals surface area (Å²) < 4.78 is 7.33. The third-order valence-corrected chi connectivity index (χ3v) is 4.14. The van der Waals surface area contributed by atoms with Crippen molar-refractivity contribution in [3.63, 3.8) is 0 Å². The first-order valence-corrected chi connectivity index (χ1v) is 7.51.